The van der Waals surface area contributed by atoms with Gasteiger partial charge in [-0.2, -0.15) is 4.98 Å². The Morgan fingerprint density at radius 1 is 1.50 bits per heavy atom. The van der Waals surface area contributed by atoms with Gasteiger partial charge in [0.1, 0.15) is 5.52 Å². The first-order valence-electron chi connectivity index (χ1n) is 3.35. The molecule has 4 nitrogen and oxygen atoms in total. The summed E-state index contributed by atoms with van der Waals surface area (Å²) < 4.78 is 5.12. The number of halogens is 1. The van der Waals surface area contributed by atoms with Crippen LogP contribution in [0.1, 0.15) is 5.56 Å². The highest BCUT2D eigenvalue weighted by Gasteiger charge is 2.09. The van der Waals surface area contributed by atoms with Crippen LogP contribution in [0.3, 0.4) is 0 Å². The van der Waals surface area contributed by atoms with Crippen LogP contribution in [-0.2, 0) is 0 Å². The SMILES string of the molecule is Cc1coc2c(Cl)nc(N)nc12. The summed E-state index contributed by atoms with van der Waals surface area (Å²) in [5, 5.41) is 0.255. The fraction of sp³-hybridized carbons (Fsp3) is 0.143. The van der Waals surface area contributed by atoms with E-state index in [2.05, 4.69) is 9.97 Å². The lowest BCUT2D eigenvalue weighted by atomic mass is 10.3. The molecule has 0 aliphatic heterocycles. The van der Waals surface area contributed by atoms with Crippen molar-refractivity contribution in [2.24, 2.45) is 0 Å². The van der Waals surface area contributed by atoms with Gasteiger partial charge in [0, 0.05) is 5.56 Å². The molecule has 2 N–H and O–H groups in total. The van der Waals surface area contributed by atoms with Crippen LogP contribution in [0, 0.1) is 6.92 Å². The molecule has 0 unspecified atom stereocenters. The van der Waals surface area contributed by atoms with Crippen molar-refractivity contribution in [3.8, 4) is 0 Å². The van der Waals surface area contributed by atoms with E-state index in [1.165, 1.54) is 0 Å². The largest absolute Gasteiger partial charge is 0.459 e. The molecule has 0 bridgehead atoms. The third kappa shape index (κ3) is 0.921. The summed E-state index contributed by atoms with van der Waals surface area (Å²) in [4.78, 5) is 7.74. The Balaban J connectivity index is 2.92. The van der Waals surface area contributed by atoms with E-state index in [0.717, 1.165) is 5.56 Å². The van der Waals surface area contributed by atoms with Gasteiger partial charge in [-0.15, -0.1) is 0 Å². The topological polar surface area (TPSA) is 64.9 Å². The summed E-state index contributed by atoms with van der Waals surface area (Å²) in [6.45, 7) is 1.87. The van der Waals surface area contributed by atoms with Gasteiger partial charge in [0.2, 0.25) is 5.95 Å². The minimum atomic E-state index is 0.164. The third-order valence-corrected chi connectivity index (χ3v) is 1.82. The minimum Gasteiger partial charge on any atom is -0.459 e. The van der Waals surface area contributed by atoms with E-state index in [0.29, 0.717) is 11.1 Å². The molecule has 2 aromatic heterocycles. The van der Waals surface area contributed by atoms with Crippen LogP contribution in [0.15, 0.2) is 10.7 Å². The number of rotatable bonds is 0. The normalized spacial score (nSPS) is 10.8. The summed E-state index contributed by atoms with van der Waals surface area (Å²) in [7, 11) is 0. The van der Waals surface area contributed by atoms with Gasteiger partial charge in [0.15, 0.2) is 10.7 Å². The summed E-state index contributed by atoms with van der Waals surface area (Å²) >= 11 is 5.75. The van der Waals surface area contributed by atoms with Gasteiger partial charge in [0.05, 0.1) is 6.26 Å². The summed E-state index contributed by atoms with van der Waals surface area (Å²) in [5.74, 6) is 0.164. The molecular formula is C7H6ClN3O. The maximum absolute atomic E-state index is 5.75. The number of aryl methyl sites for hydroxylation is 1. The van der Waals surface area contributed by atoms with E-state index in [-0.39, 0.29) is 11.1 Å². The molecule has 0 saturated heterocycles. The molecule has 0 fully saturated rings. The highest BCUT2D eigenvalue weighted by Crippen LogP contribution is 2.24. The highest BCUT2D eigenvalue weighted by molar-refractivity contribution is 6.33. The molecule has 0 atom stereocenters. The van der Waals surface area contributed by atoms with Gasteiger partial charge < -0.3 is 10.2 Å². The molecule has 0 aliphatic carbocycles. The average Bonchev–Trinajstić information content (AvgIpc) is 2.33. The number of hydrogen-bond donors (Lipinski definition) is 1. The molecule has 0 aromatic carbocycles. The number of furan rings is 1. The molecule has 0 saturated carbocycles. The maximum atomic E-state index is 5.75. The molecule has 2 aromatic rings. The average molecular weight is 184 g/mol. The van der Waals surface area contributed by atoms with Crippen LogP contribution in [0.25, 0.3) is 11.1 Å². The minimum absolute atomic E-state index is 0.164. The molecule has 62 valence electrons. The predicted octanol–water partition coefficient (Wildman–Crippen LogP) is 1.77. The number of nitrogen functional groups attached to an aromatic ring is 1. The predicted molar refractivity (Wildman–Crippen MR) is 46.0 cm³/mol. The second-order valence-electron chi connectivity index (χ2n) is 2.47. The fourth-order valence-electron chi connectivity index (χ4n) is 1.01. The van der Waals surface area contributed by atoms with Crippen molar-refractivity contribution < 1.29 is 4.42 Å². The monoisotopic (exact) mass is 183 g/mol. The van der Waals surface area contributed by atoms with Crippen LogP contribution in [0.2, 0.25) is 5.15 Å². The number of aromatic nitrogens is 2. The molecule has 2 rings (SSSR count). The lowest BCUT2D eigenvalue weighted by molar-refractivity contribution is 0.611. The Labute approximate surface area is 73.4 Å². The van der Waals surface area contributed by atoms with Gasteiger partial charge in [-0.1, -0.05) is 11.6 Å². The van der Waals surface area contributed by atoms with Crippen LogP contribution in [-0.4, -0.2) is 9.97 Å². The first kappa shape index (κ1) is 7.36. The van der Waals surface area contributed by atoms with Gasteiger partial charge in [-0.3, -0.25) is 0 Å². The standard InChI is InChI=1S/C7H6ClN3O/c1-3-2-12-5-4(3)10-7(9)11-6(5)8/h2H,1H3,(H2,9,10,11). The summed E-state index contributed by atoms with van der Waals surface area (Å²) in [6.07, 6.45) is 1.57. The van der Waals surface area contributed by atoms with Crippen molar-refractivity contribution >= 4 is 28.6 Å². The van der Waals surface area contributed by atoms with Crippen molar-refractivity contribution in [3.05, 3.63) is 17.0 Å². The first-order valence-corrected chi connectivity index (χ1v) is 3.73. The Morgan fingerprint density at radius 3 is 3.00 bits per heavy atom. The zero-order valence-corrected chi connectivity index (χ0v) is 7.09. The second-order valence-corrected chi connectivity index (χ2v) is 2.83. The molecule has 0 amide bonds. The number of fused-ring (bicyclic) bond motifs is 1. The van der Waals surface area contributed by atoms with Gasteiger partial charge in [-0.05, 0) is 6.92 Å². The van der Waals surface area contributed by atoms with Crippen LogP contribution in [0.4, 0.5) is 5.95 Å². The van der Waals surface area contributed by atoms with E-state index < -0.39 is 0 Å². The summed E-state index contributed by atoms with van der Waals surface area (Å²) in [6, 6.07) is 0. The maximum Gasteiger partial charge on any atom is 0.222 e. The van der Waals surface area contributed by atoms with E-state index >= 15 is 0 Å². The highest BCUT2D eigenvalue weighted by atomic mass is 35.5. The van der Waals surface area contributed by atoms with Crippen molar-refractivity contribution in [2.45, 2.75) is 6.92 Å². The molecule has 0 radical (unpaired) electrons. The number of nitrogens with zero attached hydrogens (tertiary/aromatic N) is 2. The van der Waals surface area contributed by atoms with E-state index in [4.69, 9.17) is 21.8 Å². The first-order chi connectivity index (χ1) is 5.68. The molecule has 2 heterocycles. The van der Waals surface area contributed by atoms with Crippen LogP contribution in [0.5, 0.6) is 0 Å². The fourth-order valence-corrected chi connectivity index (χ4v) is 1.23. The smallest absolute Gasteiger partial charge is 0.222 e. The van der Waals surface area contributed by atoms with Gasteiger partial charge >= 0.3 is 0 Å². The number of nitrogens with two attached hydrogens (primary N) is 1. The molecule has 0 aliphatic rings. The third-order valence-electron chi connectivity index (χ3n) is 1.57. The Bertz CT molecular complexity index is 437. The second kappa shape index (κ2) is 2.35. The Hall–Kier alpha value is -1.29. The van der Waals surface area contributed by atoms with E-state index in [9.17, 15) is 0 Å². The van der Waals surface area contributed by atoms with Gasteiger partial charge in [0.25, 0.3) is 0 Å². The van der Waals surface area contributed by atoms with Crippen molar-refractivity contribution in [1.82, 2.24) is 9.97 Å². The van der Waals surface area contributed by atoms with E-state index in [1.54, 1.807) is 6.26 Å². The molecule has 0 spiro atoms. The van der Waals surface area contributed by atoms with Crippen molar-refractivity contribution in [2.75, 3.05) is 5.73 Å². The van der Waals surface area contributed by atoms with Crippen molar-refractivity contribution in [1.29, 1.82) is 0 Å². The lowest BCUT2D eigenvalue weighted by Crippen LogP contribution is -1.94. The zero-order valence-electron chi connectivity index (χ0n) is 6.34. The number of hydrogen-bond acceptors (Lipinski definition) is 4. The van der Waals surface area contributed by atoms with Crippen molar-refractivity contribution in [3.63, 3.8) is 0 Å². The molecule has 5 heteroatoms. The molecular weight excluding hydrogens is 178 g/mol. The van der Waals surface area contributed by atoms with E-state index in [1.807, 2.05) is 6.92 Å². The Kier molecular flexibility index (Phi) is 1.44. The molecule has 12 heavy (non-hydrogen) atoms. The Morgan fingerprint density at radius 2 is 2.25 bits per heavy atom. The van der Waals surface area contributed by atoms with Crippen LogP contribution >= 0.6 is 11.6 Å². The van der Waals surface area contributed by atoms with Crippen LogP contribution < -0.4 is 5.73 Å². The number of anilines is 1. The quantitative estimate of drug-likeness (QED) is 0.633. The zero-order chi connectivity index (χ0) is 8.72. The summed E-state index contributed by atoms with van der Waals surface area (Å²) in [5.41, 5.74) is 7.47. The lowest BCUT2D eigenvalue weighted by Gasteiger charge is -1.93. The van der Waals surface area contributed by atoms with Gasteiger partial charge in [-0.25, -0.2) is 4.98 Å².